The zero-order chi connectivity index (χ0) is 14.2. The molecule has 1 N–H and O–H groups in total. The molecule has 1 aliphatic heterocycles. The van der Waals surface area contributed by atoms with Gasteiger partial charge >= 0.3 is 0 Å². The molecule has 2 unspecified atom stereocenters. The third kappa shape index (κ3) is 2.84. The Bertz CT molecular complexity index is 579. The van der Waals surface area contributed by atoms with Crippen LogP contribution in [0.5, 0.6) is 0 Å². The minimum Gasteiger partial charge on any atom is -0.311 e. The molecule has 1 heterocycles. The van der Waals surface area contributed by atoms with Gasteiger partial charge in [-0.2, -0.15) is 4.31 Å². The van der Waals surface area contributed by atoms with Crippen molar-refractivity contribution in [1.29, 1.82) is 0 Å². The Labute approximate surface area is 121 Å². The summed E-state index contributed by atoms with van der Waals surface area (Å²) in [5.74, 6) is -0.729. The maximum atomic E-state index is 13.9. The molecule has 1 aromatic carbocycles. The molecule has 0 saturated carbocycles. The molecule has 0 spiro atoms. The number of sulfonamides is 1. The van der Waals surface area contributed by atoms with Gasteiger partial charge in [-0.25, -0.2) is 12.8 Å². The molecule has 0 aliphatic carbocycles. The van der Waals surface area contributed by atoms with Gasteiger partial charge in [0.25, 0.3) is 0 Å². The Hall–Kier alpha value is -0.500. The lowest BCUT2D eigenvalue weighted by Crippen LogP contribution is -2.57. The molecule has 2 rings (SSSR count). The lowest BCUT2D eigenvalue weighted by atomic mass is 10.1. The van der Waals surface area contributed by atoms with Crippen LogP contribution in [0.4, 0.5) is 4.39 Å². The van der Waals surface area contributed by atoms with Gasteiger partial charge in [0, 0.05) is 29.6 Å². The highest BCUT2D eigenvalue weighted by molar-refractivity contribution is 9.10. The second kappa shape index (κ2) is 5.47. The van der Waals surface area contributed by atoms with Crippen LogP contribution in [0, 0.1) is 5.82 Å². The van der Waals surface area contributed by atoms with Gasteiger partial charge < -0.3 is 5.32 Å². The van der Waals surface area contributed by atoms with Crippen molar-refractivity contribution in [3.63, 3.8) is 0 Å². The summed E-state index contributed by atoms with van der Waals surface area (Å²) in [5, 5.41) is 3.20. The number of benzene rings is 1. The minimum atomic E-state index is -3.79. The normalized spacial score (nSPS) is 25.5. The average Bonchev–Trinajstić information content (AvgIpc) is 2.31. The topological polar surface area (TPSA) is 49.4 Å². The van der Waals surface area contributed by atoms with Crippen molar-refractivity contribution in [2.24, 2.45) is 0 Å². The van der Waals surface area contributed by atoms with E-state index in [0.29, 0.717) is 17.6 Å². The largest absolute Gasteiger partial charge is 0.311 e. The molecule has 1 saturated heterocycles. The number of hydrogen-bond acceptors (Lipinski definition) is 3. The first kappa shape index (κ1) is 14.9. The zero-order valence-electron chi connectivity index (χ0n) is 10.7. The highest BCUT2D eigenvalue weighted by atomic mass is 79.9. The van der Waals surface area contributed by atoms with Crippen LogP contribution in [0.25, 0.3) is 0 Å². The summed E-state index contributed by atoms with van der Waals surface area (Å²) in [6.45, 7) is 4.67. The van der Waals surface area contributed by atoms with E-state index in [1.165, 1.54) is 22.5 Å². The monoisotopic (exact) mass is 350 g/mol. The molecule has 4 nitrogen and oxygen atoms in total. The predicted octanol–water partition coefficient (Wildman–Crippen LogP) is 1.96. The van der Waals surface area contributed by atoms with Gasteiger partial charge in [-0.15, -0.1) is 0 Å². The Kier molecular flexibility index (Phi) is 4.29. The van der Waals surface area contributed by atoms with Gasteiger partial charge in [0.2, 0.25) is 10.0 Å². The minimum absolute atomic E-state index is 0.0436. The fourth-order valence-electron chi connectivity index (χ4n) is 2.18. The summed E-state index contributed by atoms with van der Waals surface area (Å²) in [6, 6.07) is 3.84. The molecule has 106 valence electrons. The Morgan fingerprint density at radius 1 is 1.42 bits per heavy atom. The molecule has 1 aromatic rings. The molecule has 0 aromatic heterocycles. The van der Waals surface area contributed by atoms with Crippen molar-refractivity contribution >= 4 is 26.0 Å². The van der Waals surface area contributed by atoms with Crippen molar-refractivity contribution in [3.05, 3.63) is 28.5 Å². The Balaban J connectivity index is 2.41. The maximum absolute atomic E-state index is 13.9. The van der Waals surface area contributed by atoms with Crippen molar-refractivity contribution in [3.8, 4) is 0 Å². The molecule has 2 atom stereocenters. The Morgan fingerprint density at radius 2 is 2.11 bits per heavy atom. The van der Waals surface area contributed by atoms with Gasteiger partial charge in [-0.1, -0.05) is 15.9 Å². The van der Waals surface area contributed by atoms with Crippen molar-refractivity contribution < 1.29 is 12.8 Å². The van der Waals surface area contributed by atoms with Crippen LogP contribution in [-0.2, 0) is 10.0 Å². The predicted molar refractivity (Wildman–Crippen MR) is 74.9 cm³/mol. The summed E-state index contributed by atoms with van der Waals surface area (Å²) in [4.78, 5) is -0.267. The van der Waals surface area contributed by atoms with E-state index >= 15 is 0 Å². The van der Waals surface area contributed by atoms with E-state index in [1.54, 1.807) is 0 Å². The van der Waals surface area contributed by atoms with E-state index in [9.17, 15) is 12.8 Å². The summed E-state index contributed by atoms with van der Waals surface area (Å²) in [6.07, 6.45) is 0. The molecule has 1 fully saturated rings. The smallest absolute Gasteiger partial charge is 0.246 e. The first-order valence-electron chi connectivity index (χ1n) is 6.04. The lowest BCUT2D eigenvalue weighted by Gasteiger charge is -2.37. The van der Waals surface area contributed by atoms with Crippen LogP contribution in [0.15, 0.2) is 27.6 Å². The number of piperazine rings is 1. The van der Waals surface area contributed by atoms with Crippen molar-refractivity contribution in [1.82, 2.24) is 9.62 Å². The van der Waals surface area contributed by atoms with Crippen LogP contribution >= 0.6 is 15.9 Å². The number of halogens is 2. The first-order valence-corrected chi connectivity index (χ1v) is 8.27. The van der Waals surface area contributed by atoms with E-state index in [2.05, 4.69) is 21.2 Å². The molecular weight excluding hydrogens is 335 g/mol. The lowest BCUT2D eigenvalue weighted by molar-refractivity contribution is 0.232. The molecule has 19 heavy (non-hydrogen) atoms. The maximum Gasteiger partial charge on any atom is 0.246 e. The number of hydrogen-bond donors (Lipinski definition) is 1. The summed E-state index contributed by atoms with van der Waals surface area (Å²) in [5.41, 5.74) is 0. The fourth-order valence-corrected chi connectivity index (χ4v) is 4.26. The van der Waals surface area contributed by atoms with E-state index in [1.807, 2.05) is 13.8 Å². The third-order valence-corrected chi connectivity index (χ3v) is 5.97. The van der Waals surface area contributed by atoms with Crippen molar-refractivity contribution in [2.75, 3.05) is 13.1 Å². The van der Waals surface area contributed by atoms with Crippen LogP contribution in [-0.4, -0.2) is 37.9 Å². The zero-order valence-corrected chi connectivity index (χ0v) is 13.1. The number of nitrogens with one attached hydrogen (secondary N) is 1. The van der Waals surface area contributed by atoms with Gasteiger partial charge in [-0.3, -0.25) is 0 Å². The highest BCUT2D eigenvalue weighted by Gasteiger charge is 2.35. The SMILES string of the molecule is CC1NCCN(S(=O)(=O)c2ccc(Br)cc2F)C1C. The van der Waals surface area contributed by atoms with E-state index in [4.69, 9.17) is 0 Å². The number of nitrogens with zero attached hydrogens (tertiary/aromatic N) is 1. The molecule has 0 radical (unpaired) electrons. The van der Waals surface area contributed by atoms with Gasteiger partial charge in [0.1, 0.15) is 10.7 Å². The summed E-state index contributed by atoms with van der Waals surface area (Å²) in [7, 11) is -3.79. The second-order valence-electron chi connectivity index (χ2n) is 4.67. The van der Waals surface area contributed by atoms with E-state index in [-0.39, 0.29) is 17.0 Å². The van der Waals surface area contributed by atoms with Crippen LogP contribution < -0.4 is 5.32 Å². The highest BCUT2D eigenvalue weighted by Crippen LogP contribution is 2.25. The standard InChI is InChI=1S/C12H16BrFN2O2S/c1-8-9(2)16(6-5-15-8)19(17,18)12-4-3-10(13)7-11(12)14/h3-4,7-9,15H,5-6H2,1-2H3. The number of rotatable bonds is 2. The van der Waals surface area contributed by atoms with Crippen LogP contribution in [0.1, 0.15) is 13.8 Å². The third-order valence-electron chi connectivity index (χ3n) is 3.46. The summed E-state index contributed by atoms with van der Waals surface area (Å²) >= 11 is 3.12. The Morgan fingerprint density at radius 3 is 2.74 bits per heavy atom. The van der Waals surface area contributed by atoms with E-state index in [0.717, 1.165) is 0 Å². The fraction of sp³-hybridized carbons (Fsp3) is 0.500. The van der Waals surface area contributed by atoms with Gasteiger partial charge in [-0.05, 0) is 32.0 Å². The first-order chi connectivity index (χ1) is 8.84. The molecule has 0 amide bonds. The van der Waals surface area contributed by atoms with E-state index < -0.39 is 15.8 Å². The van der Waals surface area contributed by atoms with Gasteiger partial charge in [0.05, 0.1) is 0 Å². The molecule has 0 bridgehead atoms. The quantitative estimate of drug-likeness (QED) is 0.886. The van der Waals surface area contributed by atoms with Crippen LogP contribution in [0.2, 0.25) is 0 Å². The molecule has 1 aliphatic rings. The van der Waals surface area contributed by atoms with Crippen molar-refractivity contribution in [2.45, 2.75) is 30.8 Å². The summed E-state index contributed by atoms with van der Waals surface area (Å²) < 4.78 is 40.8. The average molecular weight is 351 g/mol. The molecular formula is C12H16BrFN2O2S. The second-order valence-corrected chi connectivity index (χ2v) is 7.45. The molecule has 7 heteroatoms. The van der Waals surface area contributed by atoms with Gasteiger partial charge in [0.15, 0.2) is 0 Å². The van der Waals surface area contributed by atoms with Crippen LogP contribution in [0.3, 0.4) is 0 Å².